The van der Waals surface area contributed by atoms with Crippen molar-refractivity contribution in [3.8, 4) is 0 Å². The van der Waals surface area contributed by atoms with Crippen LogP contribution in [0.5, 0.6) is 0 Å². The highest BCUT2D eigenvalue weighted by Gasteiger charge is 2.68. The monoisotopic (exact) mass is 577 g/mol. The number of hydrogen-bond acceptors (Lipinski definition) is 8. The Hall–Kier alpha value is -0.320. The molecule has 0 aromatic heterocycles. The Morgan fingerprint density at radius 3 is 2.37 bits per heavy atom. The van der Waals surface area contributed by atoms with Crippen LogP contribution in [0.15, 0.2) is 0 Å². The maximum absolute atomic E-state index is 10.5. The molecule has 1 spiro atoms. The van der Waals surface area contributed by atoms with Crippen molar-refractivity contribution in [2.75, 3.05) is 13.2 Å². The highest BCUT2D eigenvalue weighted by atomic mass is 16.7. The molecule has 41 heavy (non-hydrogen) atoms. The van der Waals surface area contributed by atoms with Gasteiger partial charge in [0.25, 0.3) is 0 Å². The van der Waals surface area contributed by atoms with Crippen molar-refractivity contribution in [2.24, 2.45) is 52.3 Å². The van der Waals surface area contributed by atoms with Crippen molar-refractivity contribution in [3.05, 3.63) is 0 Å². The minimum absolute atomic E-state index is 0.0538. The van der Waals surface area contributed by atoms with Crippen LogP contribution in [0.3, 0.4) is 0 Å². The Morgan fingerprint density at radius 2 is 1.63 bits per heavy atom. The van der Waals surface area contributed by atoms with Gasteiger partial charge in [-0.3, -0.25) is 5.32 Å². The van der Waals surface area contributed by atoms with Crippen molar-refractivity contribution in [1.82, 2.24) is 5.32 Å². The van der Waals surface area contributed by atoms with E-state index in [1.807, 2.05) is 0 Å². The second kappa shape index (κ2) is 10.4. The van der Waals surface area contributed by atoms with E-state index in [9.17, 15) is 20.4 Å². The molecule has 0 aromatic rings. The SMILES string of the molecule is C[C@H]1CC[C@]2(NC1)O[C@H]1C[C@H]3[C@@H]4CC[C@H]5C[C@@H](O[C@@H]6O[C@H](CO)[C@H](O)[C@H](O)[C@H]6O)CC[C@]5(C)[C@H]4CC[C@]3(C)[C@H]1[C@@H]2C. The quantitative estimate of drug-likeness (QED) is 0.325. The van der Waals surface area contributed by atoms with Crippen LogP contribution in [0.4, 0.5) is 0 Å². The number of nitrogens with one attached hydrogen (secondary N) is 1. The molecule has 8 nitrogen and oxygen atoms in total. The molecule has 8 heteroatoms. The van der Waals surface area contributed by atoms with E-state index < -0.39 is 37.3 Å². The first-order chi connectivity index (χ1) is 19.5. The van der Waals surface area contributed by atoms with E-state index in [-0.39, 0.29) is 11.8 Å². The van der Waals surface area contributed by atoms with E-state index in [2.05, 4.69) is 33.0 Å². The number of fused-ring (bicyclic) bond motifs is 7. The molecule has 0 bridgehead atoms. The summed E-state index contributed by atoms with van der Waals surface area (Å²) in [6, 6.07) is 0. The molecule has 7 fully saturated rings. The smallest absolute Gasteiger partial charge is 0.186 e. The summed E-state index contributed by atoms with van der Waals surface area (Å²) < 4.78 is 19.0. The molecule has 5 N–H and O–H groups in total. The Labute approximate surface area is 245 Å². The third kappa shape index (κ3) is 4.36. The van der Waals surface area contributed by atoms with Crippen LogP contribution in [0.2, 0.25) is 0 Å². The molecule has 3 aliphatic heterocycles. The predicted molar refractivity (Wildman–Crippen MR) is 152 cm³/mol. The Bertz CT molecular complexity index is 971. The molecular formula is C33H55NO7. The van der Waals surface area contributed by atoms with Crippen LogP contribution >= 0.6 is 0 Å². The molecule has 3 heterocycles. The number of aliphatic hydroxyl groups is 4. The van der Waals surface area contributed by atoms with Crippen LogP contribution in [0.1, 0.15) is 91.9 Å². The van der Waals surface area contributed by atoms with Gasteiger partial charge in [0.05, 0.1) is 18.8 Å². The lowest BCUT2D eigenvalue weighted by Crippen LogP contribution is -2.60. The van der Waals surface area contributed by atoms with Gasteiger partial charge >= 0.3 is 0 Å². The van der Waals surface area contributed by atoms with Gasteiger partial charge in [-0.15, -0.1) is 0 Å². The van der Waals surface area contributed by atoms with E-state index in [4.69, 9.17) is 14.2 Å². The summed E-state index contributed by atoms with van der Waals surface area (Å²) in [5, 5.41) is 44.3. The first-order valence-corrected chi connectivity index (χ1v) is 16.9. The van der Waals surface area contributed by atoms with E-state index in [1.165, 1.54) is 38.5 Å². The van der Waals surface area contributed by atoms with Gasteiger partial charge in [-0.1, -0.05) is 27.7 Å². The number of ether oxygens (including phenoxy) is 3. The molecular weight excluding hydrogens is 522 g/mol. The Kier molecular flexibility index (Phi) is 7.43. The molecule has 0 radical (unpaired) electrons. The zero-order valence-electron chi connectivity index (χ0n) is 25.6. The molecule has 234 valence electrons. The lowest BCUT2D eigenvalue weighted by atomic mass is 9.44. The fraction of sp³-hybridized carbons (Fsp3) is 1.00. The second-order valence-corrected chi connectivity index (χ2v) is 16.1. The largest absolute Gasteiger partial charge is 0.394 e. The van der Waals surface area contributed by atoms with Crippen LogP contribution < -0.4 is 5.32 Å². The zero-order chi connectivity index (χ0) is 28.9. The molecule has 0 amide bonds. The molecule has 4 aliphatic carbocycles. The van der Waals surface area contributed by atoms with Crippen LogP contribution in [-0.4, -0.2) is 82.2 Å². The lowest BCUT2D eigenvalue weighted by molar-refractivity contribution is -0.316. The topological polar surface area (TPSA) is 121 Å². The summed E-state index contributed by atoms with van der Waals surface area (Å²) in [5.41, 5.74) is 0.563. The summed E-state index contributed by atoms with van der Waals surface area (Å²) in [7, 11) is 0. The van der Waals surface area contributed by atoms with Crippen molar-refractivity contribution in [3.63, 3.8) is 0 Å². The van der Waals surface area contributed by atoms with Gasteiger partial charge in [-0.2, -0.15) is 0 Å². The molecule has 7 rings (SSSR count). The summed E-state index contributed by atoms with van der Waals surface area (Å²) in [5.74, 6) is 4.79. The summed E-state index contributed by atoms with van der Waals surface area (Å²) in [6.45, 7) is 10.7. The van der Waals surface area contributed by atoms with Crippen LogP contribution in [0.25, 0.3) is 0 Å². The number of hydrogen-bond donors (Lipinski definition) is 5. The highest BCUT2D eigenvalue weighted by Crippen LogP contribution is 2.71. The number of piperidine rings is 1. The number of aliphatic hydroxyl groups excluding tert-OH is 4. The lowest BCUT2D eigenvalue weighted by Gasteiger charge is -2.61. The average molecular weight is 578 g/mol. The maximum atomic E-state index is 10.5. The van der Waals surface area contributed by atoms with Crippen molar-refractivity contribution in [2.45, 2.75) is 141 Å². The summed E-state index contributed by atoms with van der Waals surface area (Å²) in [6.07, 6.45) is 6.05. The van der Waals surface area contributed by atoms with E-state index >= 15 is 0 Å². The zero-order valence-corrected chi connectivity index (χ0v) is 25.6. The second-order valence-electron chi connectivity index (χ2n) is 16.1. The molecule has 7 aliphatic rings. The molecule has 0 aromatic carbocycles. The first-order valence-electron chi connectivity index (χ1n) is 16.9. The van der Waals surface area contributed by atoms with Gasteiger partial charge in [-0.25, -0.2) is 0 Å². The Balaban J connectivity index is 1.03. The first kappa shape index (κ1) is 29.4. The van der Waals surface area contributed by atoms with Gasteiger partial charge in [-0.05, 0) is 111 Å². The molecule has 17 atom stereocenters. The highest BCUT2D eigenvalue weighted by molar-refractivity contribution is 5.16. The average Bonchev–Trinajstić information content (AvgIpc) is 3.40. The summed E-state index contributed by atoms with van der Waals surface area (Å²) >= 11 is 0. The van der Waals surface area contributed by atoms with E-state index in [0.717, 1.165) is 55.9 Å². The van der Waals surface area contributed by atoms with Crippen LogP contribution in [0, 0.1) is 52.3 Å². The minimum atomic E-state index is -1.39. The number of rotatable bonds is 3. The van der Waals surface area contributed by atoms with Gasteiger partial charge in [0, 0.05) is 12.5 Å². The van der Waals surface area contributed by atoms with E-state index in [1.54, 1.807) is 0 Å². The standard InChI is InChI=1S/C33H55NO7/c1-17-7-12-33(34-15-17)18(2)26-24(41-33)14-23-21-6-5-19-13-20(8-10-31(19,3)22(21)9-11-32(23,26)4)39-30-29(38)28(37)27(36)25(16-35)40-30/h17-30,34-38H,5-16H2,1-4H3/t17-,18-,19-,20-,21+,22-,23-,24-,25+,26-,27-,28-,29+,30+,31-,32-,33-/m0/s1. The molecule has 3 saturated heterocycles. The van der Waals surface area contributed by atoms with Gasteiger partial charge in [0.2, 0.25) is 0 Å². The minimum Gasteiger partial charge on any atom is -0.394 e. The van der Waals surface area contributed by atoms with Gasteiger partial charge in [0.1, 0.15) is 30.1 Å². The van der Waals surface area contributed by atoms with Gasteiger partial charge < -0.3 is 34.6 Å². The van der Waals surface area contributed by atoms with Gasteiger partial charge in [0.15, 0.2) is 6.29 Å². The summed E-state index contributed by atoms with van der Waals surface area (Å²) in [4.78, 5) is 0. The Morgan fingerprint density at radius 1 is 0.854 bits per heavy atom. The molecule has 4 saturated carbocycles. The van der Waals surface area contributed by atoms with Crippen molar-refractivity contribution >= 4 is 0 Å². The molecule has 0 unspecified atom stereocenters. The third-order valence-corrected chi connectivity index (χ3v) is 14.3. The maximum Gasteiger partial charge on any atom is 0.186 e. The van der Waals surface area contributed by atoms with Crippen molar-refractivity contribution < 1.29 is 34.6 Å². The van der Waals surface area contributed by atoms with Crippen LogP contribution in [-0.2, 0) is 14.2 Å². The normalized spacial score (nSPS) is 60.3. The fourth-order valence-electron chi connectivity index (χ4n) is 11.9. The van der Waals surface area contributed by atoms with Crippen molar-refractivity contribution in [1.29, 1.82) is 0 Å². The predicted octanol–water partition coefficient (Wildman–Crippen LogP) is 3.19. The fourth-order valence-corrected chi connectivity index (χ4v) is 11.9. The third-order valence-electron chi connectivity index (χ3n) is 14.3. The van der Waals surface area contributed by atoms with E-state index in [0.29, 0.717) is 34.7 Å².